The molecule has 17 heavy (non-hydrogen) atoms. The summed E-state index contributed by atoms with van der Waals surface area (Å²) in [7, 11) is 1.70. The van der Waals surface area contributed by atoms with E-state index >= 15 is 0 Å². The molecule has 0 bridgehead atoms. The predicted octanol–water partition coefficient (Wildman–Crippen LogP) is 0.880. The fourth-order valence-electron chi connectivity index (χ4n) is 2.33. The van der Waals surface area contributed by atoms with Gasteiger partial charge in [0, 0.05) is 7.05 Å². The number of likely N-dealkylation sites (N-methyl/N-ethyl adjacent to an activating group) is 1. The number of amides is 2. The molecular formula is C13H16N2O2. The first-order valence-electron chi connectivity index (χ1n) is 5.72. The third kappa shape index (κ3) is 1.60. The molecule has 1 aromatic rings. The molecule has 0 aromatic heterocycles. The molecule has 1 fully saturated rings. The molecule has 2 amide bonds. The van der Waals surface area contributed by atoms with Crippen LogP contribution >= 0.6 is 0 Å². The van der Waals surface area contributed by atoms with E-state index in [0.717, 1.165) is 5.56 Å². The van der Waals surface area contributed by atoms with Gasteiger partial charge in [0.2, 0.25) is 11.8 Å². The summed E-state index contributed by atoms with van der Waals surface area (Å²) in [6, 6.07) is 9.24. The van der Waals surface area contributed by atoms with E-state index in [1.807, 2.05) is 37.3 Å². The lowest BCUT2D eigenvalue weighted by Gasteiger charge is -2.39. The maximum Gasteiger partial charge on any atom is 0.243 e. The fraction of sp³-hybridized carbons (Fsp3) is 0.385. The smallest absolute Gasteiger partial charge is 0.243 e. The van der Waals surface area contributed by atoms with Crippen molar-refractivity contribution < 1.29 is 9.59 Å². The lowest BCUT2D eigenvalue weighted by Crippen LogP contribution is -2.62. The molecule has 1 saturated heterocycles. The molecule has 1 atom stereocenters. The van der Waals surface area contributed by atoms with Crippen LogP contribution in [0.3, 0.4) is 0 Å². The Morgan fingerprint density at radius 2 is 1.94 bits per heavy atom. The van der Waals surface area contributed by atoms with Crippen molar-refractivity contribution in [3.05, 3.63) is 35.9 Å². The highest BCUT2D eigenvalue weighted by Crippen LogP contribution is 2.32. The molecule has 1 N–H and O–H groups in total. The fourth-order valence-corrected chi connectivity index (χ4v) is 2.33. The van der Waals surface area contributed by atoms with Gasteiger partial charge in [0.1, 0.15) is 0 Å². The first-order chi connectivity index (χ1) is 8.13. The average molecular weight is 232 g/mol. The third-order valence-corrected chi connectivity index (χ3v) is 3.37. The topological polar surface area (TPSA) is 49.4 Å². The van der Waals surface area contributed by atoms with Crippen LogP contribution in [0.15, 0.2) is 30.3 Å². The summed E-state index contributed by atoms with van der Waals surface area (Å²) in [4.78, 5) is 26.1. The van der Waals surface area contributed by atoms with Gasteiger partial charge in [0.05, 0.1) is 6.67 Å². The van der Waals surface area contributed by atoms with E-state index in [1.54, 1.807) is 11.9 Å². The molecule has 0 aliphatic carbocycles. The molecule has 4 nitrogen and oxygen atoms in total. The van der Waals surface area contributed by atoms with Crippen molar-refractivity contribution in [2.24, 2.45) is 0 Å². The monoisotopic (exact) mass is 232 g/mol. The summed E-state index contributed by atoms with van der Waals surface area (Å²) in [5.74, 6) is -0.329. The van der Waals surface area contributed by atoms with Crippen LogP contribution in [0.4, 0.5) is 0 Å². The first kappa shape index (κ1) is 11.6. The molecule has 90 valence electrons. The number of hydrogen-bond acceptors (Lipinski definition) is 2. The molecule has 1 aliphatic rings. The van der Waals surface area contributed by atoms with Gasteiger partial charge in [-0.15, -0.1) is 0 Å². The number of carbonyl (C=O) groups excluding carboxylic acids is 2. The minimum atomic E-state index is -1.06. The van der Waals surface area contributed by atoms with Crippen LogP contribution in [-0.4, -0.2) is 30.4 Å². The van der Waals surface area contributed by atoms with Crippen molar-refractivity contribution in [1.29, 1.82) is 0 Å². The maximum absolute atomic E-state index is 12.4. The molecule has 1 aliphatic heterocycles. The number of hydrogen-bond donors (Lipinski definition) is 1. The normalized spacial score (nSPS) is 24.7. The number of nitrogens with one attached hydrogen (secondary N) is 1. The van der Waals surface area contributed by atoms with Gasteiger partial charge in [-0.3, -0.25) is 9.59 Å². The number of rotatable bonds is 2. The molecule has 0 radical (unpaired) electrons. The van der Waals surface area contributed by atoms with E-state index in [2.05, 4.69) is 5.32 Å². The molecule has 1 aromatic carbocycles. The summed E-state index contributed by atoms with van der Waals surface area (Å²) >= 11 is 0. The van der Waals surface area contributed by atoms with Crippen LogP contribution in [0.1, 0.15) is 18.9 Å². The lowest BCUT2D eigenvalue weighted by molar-refractivity contribution is -0.149. The highest BCUT2D eigenvalue weighted by molar-refractivity contribution is 6.12. The van der Waals surface area contributed by atoms with Crippen molar-refractivity contribution in [3.8, 4) is 0 Å². The molecule has 2 rings (SSSR count). The summed E-state index contributed by atoms with van der Waals surface area (Å²) in [6.45, 7) is 2.15. The average Bonchev–Trinajstić information content (AvgIpc) is 2.37. The highest BCUT2D eigenvalue weighted by Gasteiger charge is 2.49. The van der Waals surface area contributed by atoms with Crippen molar-refractivity contribution in [3.63, 3.8) is 0 Å². The van der Waals surface area contributed by atoms with Crippen LogP contribution in [0, 0.1) is 0 Å². The van der Waals surface area contributed by atoms with Crippen LogP contribution in [0.2, 0.25) is 0 Å². The second-order valence-corrected chi connectivity index (χ2v) is 4.29. The molecular weight excluding hydrogens is 216 g/mol. The van der Waals surface area contributed by atoms with E-state index in [1.165, 1.54) is 0 Å². The maximum atomic E-state index is 12.4. The van der Waals surface area contributed by atoms with Gasteiger partial charge >= 0.3 is 0 Å². The van der Waals surface area contributed by atoms with Crippen LogP contribution in [0.5, 0.6) is 0 Å². The third-order valence-electron chi connectivity index (χ3n) is 3.37. The van der Waals surface area contributed by atoms with Gasteiger partial charge in [-0.05, 0) is 12.0 Å². The highest BCUT2D eigenvalue weighted by atomic mass is 16.2. The summed E-state index contributed by atoms with van der Waals surface area (Å²) in [5.41, 5.74) is -0.301. The number of nitrogens with zero attached hydrogens (tertiary/aromatic N) is 1. The predicted molar refractivity (Wildman–Crippen MR) is 64.2 cm³/mol. The van der Waals surface area contributed by atoms with Crippen molar-refractivity contribution in [2.45, 2.75) is 18.8 Å². The van der Waals surface area contributed by atoms with Crippen molar-refractivity contribution >= 4 is 11.8 Å². The quantitative estimate of drug-likeness (QED) is 0.769. The Bertz CT molecular complexity index is 444. The lowest BCUT2D eigenvalue weighted by atomic mass is 9.75. The van der Waals surface area contributed by atoms with E-state index in [4.69, 9.17) is 0 Å². The Hall–Kier alpha value is -1.84. The Labute approximate surface area is 101 Å². The molecule has 4 heteroatoms. The van der Waals surface area contributed by atoms with Gasteiger partial charge < -0.3 is 10.2 Å². The van der Waals surface area contributed by atoms with Gasteiger partial charge in [-0.2, -0.15) is 0 Å². The zero-order valence-corrected chi connectivity index (χ0v) is 10.1. The summed E-state index contributed by atoms with van der Waals surface area (Å²) in [6.07, 6.45) is 0.464. The number of benzene rings is 1. The van der Waals surface area contributed by atoms with E-state index in [-0.39, 0.29) is 18.5 Å². The van der Waals surface area contributed by atoms with E-state index in [9.17, 15) is 9.59 Å². The van der Waals surface area contributed by atoms with Gasteiger partial charge in [-0.1, -0.05) is 37.3 Å². The minimum Gasteiger partial charge on any atom is -0.337 e. The van der Waals surface area contributed by atoms with E-state index in [0.29, 0.717) is 6.42 Å². The minimum absolute atomic E-state index is 0.130. The zero-order valence-electron chi connectivity index (χ0n) is 10.1. The van der Waals surface area contributed by atoms with Gasteiger partial charge in [-0.25, -0.2) is 0 Å². The Balaban J connectivity index is 2.55. The molecule has 0 saturated carbocycles. The SMILES string of the molecule is CCC1(c2ccccc2)C(=O)NCN(C)C1=O. The number of carbonyl (C=O) groups is 2. The van der Waals surface area contributed by atoms with Crippen molar-refractivity contribution in [1.82, 2.24) is 10.2 Å². The molecule has 1 heterocycles. The summed E-state index contributed by atoms with van der Waals surface area (Å²) < 4.78 is 0. The van der Waals surface area contributed by atoms with Gasteiger partial charge in [0.25, 0.3) is 0 Å². The van der Waals surface area contributed by atoms with Crippen LogP contribution in [0.25, 0.3) is 0 Å². The second kappa shape index (κ2) is 4.20. The van der Waals surface area contributed by atoms with E-state index < -0.39 is 5.41 Å². The second-order valence-electron chi connectivity index (χ2n) is 4.29. The standard InChI is InChI=1S/C13H16N2O2/c1-3-13(10-7-5-4-6-8-10)11(16)14-9-15(2)12(13)17/h4-8H,3,9H2,1-2H3,(H,14,16). The first-order valence-corrected chi connectivity index (χ1v) is 5.72. The van der Waals surface area contributed by atoms with Crippen LogP contribution in [-0.2, 0) is 15.0 Å². The zero-order chi connectivity index (χ0) is 12.5. The Morgan fingerprint density at radius 3 is 2.53 bits per heavy atom. The van der Waals surface area contributed by atoms with Gasteiger partial charge in [0.15, 0.2) is 5.41 Å². The molecule has 1 unspecified atom stereocenters. The summed E-state index contributed by atoms with van der Waals surface area (Å²) in [5, 5.41) is 2.77. The largest absolute Gasteiger partial charge is 0.337 e. The Morgan fingerprint density at radius 1 is 1.29 bits per heavy atom. The van der Waals surface area contributed by atoms with Crippen molar-refractivity contribution in [2.75, 3.05) is 13.7 Å². The Kier molecular flexibility index (Phi) is 2.88. The van der Waals surface area contributed by atoms with Crippen LogP contribution < -0.4 is 5.32 Å². The molecule has 0 spiro atoms.